The Morgan fingerprint density at radius 2 is 2.11 bits per heavy atom. The topological polar surface area (TPSA) is 24.9 Å². The van der Waals surface area contributed by atoms with E-state index in [0.717, 1.165) is 24.3 Å². The van der Waals surface area contributed by atoms with E-state index in [9.17, 15) is 0 Å². The van der Waals surface area contributed by atoms with E-state index in [4.69, 9.17) is 0 Å². The Bertz CT molecular complexity index is 405. The standard InChI is InChI=1S/C16H24N2/c1-3-5-18-16(14-8-12-7-13(12)9-14)15-10-17-6-4-11(15)2/h4,6,10,12-14,16,18H,3,5,7-9H2,1-2H3. The molecule has 1 aromatic rings. The summed E-state index contributed by atoms with van der Waals surface area (Å²) in [6, 6.07) is 2.68. The molecule has 2 aliphatic rings. The molecule has 1 heterocycles. The molecule has 18 heavy (non-hydrogen) atoms. The molecular weight excluding hydrogens is 220 g/mol. The molecule has 2 nitrogen and oxygen atoms in total. The Morgan fingerprint density at radius 1 is 1.33 bits per heavy atom. The van der Waals surface area contributed by atoms with Crippen molar-refractivity contribution >= 4 is 0 Å². The monoisotopic (exact) mass is 244 g/mol. The van der Waals surface area contributed by atoms with Crippen LogP contribution in [0, 0.1) is 24.7 Å². The molecule has 0 bridgehead atoms. The Hall–Kier alpha value is -0.890. The molecule has 0 aromatic carbocycles. The molecule has 2 saturated carbocycles. The van der Waals surface area contributed by atoms with Gasteiger partial charge in [0.15, 0.2) is 0 Å². The summed E-state index contributed by atoms with van der Waals surface area (Å²) in [5.41, 5.74) is 2.82. The minimum Gasteiger partial charge on any atom is -0.310 e. The highest BCUT2D eigenvalue weighted by molar-refractivity contribution is 5.26. The number of nitrogens with one attached hydrogen (secondary N) is 1. The Balaban J connectivity index is 1.78. The minimum atomic E-state index is 0.534. The van der Waals surface area contributed by atoms with Gasteiger partial charge in [0.05, 0.1) is 0 Å². The van der Waals surface area contributed by atoms with Crippen LogP contribution in [0.4, 0.5) is 0 Å². The molecule has 1 N–H and O–H groups in total. The maximum absolute atomic E-state index is 4.34. The van der Waals surface area contributed by atoms with Crippen molar-refractivity contribution in [2.24, 2.45) is 17.8 Å². The third-order valence-corrected chi connectivity index (χ3v) is 4.78. The van der Waals surface area contributed by atoms with Crippen LogP contribution in [0.1, 0.15) is 49.8 Å². The average Bonchev–Trinajstić information content (AvgIpc) is 2.99. The maximum atomic E-state index is 4.34. The van der Waals surface area contributed by atoms with Crippen molar-refractivity contribution in [1.29, 1.82) is 0 Å². The van der Waals surface area contributed by atoms with E-state index >= 15 is 0 Å². The lowest BCUT2D eigenvalue weighted by Gasteiger charge is -2.27. The average molecular weight is 244 g/mol. The van der Waals surface area contributed by atoms with Crippen LogP contribution < -0.4 is 5.32 Å². The third-order valence-electron chi connectivity index (χ3n) is 4.78. The van der Waals surface area contributed by atoms with Gasteiger partial charge in [-0.3, -0.25) is 4.98 Å². The van der Waals surface area contributed by atoms with Crippen molar-refractivity contribution in [3.05, 3.63) is 29.6 Å². The van der Waals surface area contributed by atoms with Gasteiger partial charge in [-0.25, -0.2) is 0 Å². The molecule has 3 unspecified atom stereocenters. The van der Waals surface area contributed by atoms with Gasteiger partial charge in [-0.2, -0.15) is 0 Å². The molecule has 1 aromatic heterocycles. The van der Waals surface area contributed by atoms with Crippen LogP contribution in [0.15, 0.2) is 18.5 Å². The fraction of sp³-hybridized carbons (Fsp3) is 0.688. The van der Waals surface area contributed by atoms with E-state index in [1.54, 1.807) is 0 Å². The molecule has 0 saturated heterocycles. The number of aryl methyl sites for hydroxylation is 1. The summed E-state index contributed by atoms with van der Waals surface area (Å²) < 4.78 is 0. The summed E-state index contributed by atoms with van der Waals surface area (Å²) in [6.45, 7) is 5.57. The second kappa shape index (κ2) is 5.00. The lowest BCUT2D eigenvalue weighted by Crippen LogP contribution is -2.29. The quantitative estimate of drug-likeness (QED) is 0.857. The van der Waals surface area contributed by atoms with Crippen molar-refractivity contribution in [3.63, 3.8) is 0 Å². The Kier molecular flexibility index (Phi) is 3.38. The minimum absolute atomic E-state index is 0.534. The maximum Gasteiger partial charge on any atom is 0.0366 e. The molecule has 0 spiro atoms. The number of aromatic nitrogens is 1. The second-order valence-corrected chi connectivity index (χ2v) is 6.15. The van der Waals surface area contributed by atoms with E-state index in [1.165, 1.54) is 36.8 Å². The molecule has 0 radical (unpaired) electrons. The molecule has 3 atom stereocenters. The summed E-state index contributed by atoms with van der Waals surface area (Å²) in [5.74, 6) is 2.94. The number of pyridine rings is 1. The first-order valence-corrected chi connectivity index (χ1v) is 7.43. The van der Waals surface area contributed by atoms with Crippen molar-refractivity contribution in [1.82, 2.24) is 10.3 Å². The molecule has 0 amide bonds. The van der Waals surface area contributed by atoms with Gasteiger partial charge in [-0.1, -0.05) is 6.92 Å². The van der Waals surface area contributed by atoms with E-state index in [2.05, 4.69) is 36.4 Å². The van der Waals surface area contributed by atoms with Gasteiger partial charge in [-0.05, 0) is 74.1 Å². The van der Waals surface area contributed by atoms with Crippen LogP contribution in [0.5, 0.6) is 0 Å². The number of fused-ring (bicyclic) bond motifs is 1. The van der Waals surface area contributed by atoms with Crippen molar-refractivity contribution in [3.8, 4) is 0 Å². The van der Waals surface area contributed by atoms with Gasteiger partial charge in [0.25, 0.3) is 0 Å². The highest BCUT2D eigenvalue weighted by Gasteiger charge is 2.48. The molecule has 0 aliphatic heterocycles. The molecule has 3 rings (SSSR count). The van der Waals surface area contributed by atoms with Crippen LogP contribution >= 0.6 is 0 Å². The second-order valence-electron chi connectivity index (χ2n) is 6.15. The van der Waals surface area contributed by atoms with Crippen LogP contribution in [0.25, 0.3) is 0 Å². The van der Waals surface area contributed by atoms with Gasteiger partial charge in [0, 0.05) is 18.4 Å². The zero-order chi connectivity index (χ0) is 12.5. The molecule has 2 aliphatic carbocycles. The number of nitrogens with zero attached hydrogens (tertiary/aromatic N) is 1. The van der Waals surface area contributed by atoms with E-state index in [1.807, 2.05) is 6.20 Å². The highest BCUT2D eigenvalue weighted by atomic mass is 14.9. The zero-order valence-corrected chi connectivity index (χ0v) is 11.5. The largest absolute Gasteiger partial charge is 0.310 e. The smallest absolute Gasteiger partial charge is 0.0366 e. The van der Waals surface area contributed by atoms with Gasteiger partial charge in [0.2, 0.25) is 0 Å². The first-order valence-electron chi connectivity index (χ1n) is 7.43. The van der Waals surface area contributed by atoms with Gasteiger partial charge in [0.1, 0.15) is 0 Å². The van der Waals surface area contributed by atoms with Gasteiger partial charge in [-0.15, -0.1) is 0 Å². The number of rotatable bonds is 5. The lowest BCUT2D eigenvalue weighted by molar-refractivity contribution is 0.340. The summed E-state index contributed by atoms with van der Waals surface area (Å²) in [5, 5.41) is 3.77. The molecule has 2 fully saturated rings. The summed E-state index contributed by atoms with van der Waals surface area (Å²) in [4.78, 5) is 4.34. The molecular formula is C16H24N2. The summed E-state index contributed by atoms with van der Waals surface area (Å²) in [7, 11) is 0. The summed E-state index contributed by atoms with van der Waals surface area (Å²) >= 11 is 0. The van der Waals surface area contributed by atoms with Crippen molar-refractivity contribution in [2.45, 2.75) is 45.6 Å². The molecule has 98 valence electrons. The van der Waals surface area contributed by atoms with Crippen molar-refractivity contribution in [2.75, 3.05) is 6.54 Å². The predicted octanol–water partition coefficient (Wildman–Crippen LogP) is 3.48. The Labute approximate surface area is 110 Å². The van der Waals surface area contributed by atoms with Crippen LogP contribution in [0.3, 0.4) is 0 Å². The van der Waals surface area contributed by atoms with Crippen LogP contribution in [0.2, 0.25) is 0 Å². The van der Waals surface area contributed by atoms with Crippen molar-refractivity contribution < 1.29 is 0 Å². The predicted molar refractivity (Wildman–Crippen MR) is 74.3 cm³/mol. The van der Waals surface area contributed by atoms with Gasteiger partial charge < -0.3 is 5.32 Å². The Morgan fingerprint density at radius 3 is 2.78 bits per heavy atom. The zero-order valence-electron chi connectivity index (χ0n) is 11.5. The number of hydrogen-bond donors (Lipinski definition) is 1. The van der Waals surface area contributed by atoms with E-state index in [-0.39, 0.29) is 0 Å². The fourth-order valence-electron chi connectivity index (χ4n) is 3.67. The first kappa shape index (κ1) is 12.2. The third kappa shape index (κ3) is 2.31. The van der Waals surface area contributed by atoms with Gasteiger partial charge >= 0.3 is 0 Å². The highest BCUT2D eigenvalue weighted by Crippen LogP contribution is 2.57. The fourth-order valence-corrected chi connectivity index (χ4v) is 3.67. The van der Waals surface area contributed by atoms with Crippen LogP contribution in [-0.2, 0) is 0 Å². The number of hydrogen-bond acceptors (Lipinski definition) is 2. The van der Waals surface area contributed by atoms with Crippen LogP contribution in [-0.4, -0.2) is 11.5 Å². The summed E-state index contributed by atoms with van der Waals surface area (Å²) in [6.07, 6.45) is 9.55. The normalized spacial score (nSPS) is 31.1. The SMILES string of the molecule is CCCNC(c1cnccc1C)C1CC2CC2C1. The first-order chi connectivity index (χ1) is 8.79. The van der Waals surface area contributed by atoms with E-state index < -0.39 is 0 Å². The van der Waals surface area contributed by atoms with E-state index in [0.29, 0.717) is 6.04 Å². The lowest BCUT2D eigenvalue weighted by atomic mass is 9.88. The molecule has 2 heteroatoms.